The van der Waals surface area contributed by atoms with Gasteiger partial charge in [0.1, 0.15) is 23.9 Å². The first-order valence-corrected chi connectivity index (χ1v) is 9.15. The summed E-state index contributed by atoms with van der Waals surface area (Å²) >= 11 is 18.1. The van der Waals surface area contributed by atoms with E-state index in [1.807, 2.05) is 6.92 Å². The number of carbonyl (C=O) groups is 1. The van der Waals surface area contributed by atoms with Crippen LogP contribution in [0.25, 0.3) is 11.3 Å². The Bertz CT molecular complexity index is 966. The van der Waals surface area contributed by atoms with Crippen molar-refractivity contribution >= 4 is 40.8 Å². The van der Waals surface area contributed by atoms with E-state index >= 15 is 0 Å². The zero-order chi connectivity index (χ0) is 19.4. The van der Waals surface area contributed by atoms with Crippen molar-refractivity contribution in [3.8, 4) is 17.1 Å². The Morgan fingerprint density at radius 2 is 1.85 bits per heavy atom. The van der Waals surface area contributed by atoms with E-state index in [4.69, 9.17) is 48.7 Å². The normalized spacial score (nSPS) is 10.7. The summed E-state index contributed by atoms with van der Waals surface area (Å²) in [5.74, 6) is 1.06. The van der Waals surface area contributed by atoms with Crippen LogP contribution in [-0.2, 0) is 16.1 Å². The van der Waals surface area contributed by atoms with E-state index < -0.39 is 5.97 Å². The average Bonchev–Trinajstić information content (AvgIpc) is 3.12. The number of carbonyl (C=O) groups excluding carboxylic acids is 1. The van der Waals surface area contributed by atoms with Gasteiger partial charge in [0.2, 0.25) is 0 Å². The van der Waals surface area contributed by atoms with Gasteiger partial charge < -0.3 is 13.9 Å². The summed E-state index contributed by atoms with van der Waals surface area (Å²) in [5.41, 5.74) is 1.54. The highest BCUT2D eigenvalue weighted by Gasteiger charge is 2.12. The van der Waals surface area contributed by atoms with Gasteiger partial charge >= 0.3 is 5.97 Å². The monoisotopic (exact) mass is 424 g/mol. The van der Waals surface area contributed by atoms with Gasteiger partial charge in [0.05, 0.1) is 10.0 Å². The Kier molecular flexibility index (Phi) is 6.32. The molecule has 0 bridgehead atoms. The number of hydrogen-bond acceptors (Lipinski definition) is 4. The van der Waals surface area contributed by atoms with Crippen LogP contribution in [0.1, 0.15) is 11.3 Å². The molecule has 0 aliphatic heterocycles. The zero-order valence-corrected chi connectivity index (χ0v) is 16.6. The number of esters is 1. The van der Waals surface area contributed by atoms with E-state index in [9.17, 15) is 4.79 Å². The second-order valence-electron chi connectivity index (χ2n) is 5.73. The lowest BCUT2D eigenvalue weighted by atomic mass is 10.2. The number of aryl methyl sites for hydroxylation is 1. The van der Waals surface area contributed by atoms with Crippen molar-refractivity contribution in [3.63, 3.8) is 0 Å². The Balaban J connectivity index is 1.54. The summed E-state index contributed by atoms with van der Waals surface area (Å²) in [7, 11) is 0. The summed E-state index contributed by atoms with van der Waals surface area (Å²) < 4.78 is 16.2. The van der Waals surface area contributed by atoms with Crippen LogP contribution in [0, 0.1) is 6.92 Å². The number of benzene rings is 2. The van der Waals surface area contributed by atoms with Crippen LogP contribution in [0.5, 0.6) is 5.75 Å². The van der Waals surface area contributed by atoms with E-state index in [-0.39, 0.29) is 13.2 Å². The largest absolute Gasteiger partial charge is 0.482 e. The molecule has 0 amide bonds. The lowest BCUT2D eigenvalue weighted by molar-refractivity contribution is -0.147. The molecule has 0 saturated heterocycles. The van der Waals surface area contributed by atoms with Crippen LogP contribution in [0.3, 0.4) is 0 Å². The molecule has 27 heavy (non-hydrogen) atoms. The van der Waals surface area contributed by atoms with Crippen molar-refractivity contribution in [2.45, 2.75) is 13.5 Å². The van der Waals surface area contributed by atoms with Crippen molar-refractivity contribution in [1.82, 2.24) is 0 Å². The lowest BCUT2D eigenvalue weighted by Gasteiger charge is -2.07. The topological polar surface area (TPSA) is 48.7 Å². The maximum absolute atomic E-state index is 11.9. The maximum atomic E-state index is 11.9. The van der Waals surface area contributed by atoms with Crippen molar-refractivity contribution < 1.29 is 18.7 Å². The van der Waals surface area contributed by atoms with Gasteiger partial charge in [0.25, 0.3) is 0 Å². The zero-order valence-electron chi connectivity index (χ0n) is 14.3. The molecule has 3 rings (SSSR count). The Morgan fingerprint density at radius 3 is 2.63 bits per heavy atom. The first-order valence-electron chi connectivity index (χ1n) is 8.01. The molecule has 0 aliphatic rings. The summed E-state index contributed by atoms with van der Waals surface area (Å²) in [6.07, 6.45) is 0. The van der Waals surface area contributed by atoms with Gasteiger partial charge in [-0.05, 0) is 55.0 Å². The number of ether oxygens (including phenoxy) is 2. The van der Waals surface area contributed by atoms with Crippen molar-refractivity contribution in [2.24, 2.45) is 0 Å². The first kappa shape index (κ1) is 19.6. The fraction of sp³-hybridized carbons (Fsp3) is 0.150. The molecule has 140 valence electrons. The Hall–Kier alpha value is -2.14. The number of rotatable bonds is 6. The first-order chi connectivity index (χ1) is 12.9. The predicted octanol–water partition coefficient (Wildman–Crippen LogP) is 6.34. The quantitative estimate of drug-likeness (QED) is 0.432. The van der Waals surface area contributed by atoms with Gasteiger partial charge in [-0.2, -0.15) is 0 Å². The molecule has 0 saturated carbocycles. The van der Waals surface area contributed by atoms with Crippen LogP contribution in [0.15, 0.2) is 52.9 Å². The van der Waals surface area contributed by atoms with E-state index in [1.165, 1.54) is 0 Å². The van der Waals surface area contributed by atoms with Gasteiger partial charge in [-0.25, -0.2) is 4.79 Å². The number of furan rings is 1. The van der Waals surface area contributed by atoms with E-state index in [2.05, 4.69) is 0 Å². The van der Waals surface area contributed by atoms with Gasteiger partial charge in [0, 0.05) is 10.6 Å². The lowest BCUT2D eigenvalue weighted by Crippen LogP contribution is -2.14. The van der Waals surface area contributed by atoms with E-state index in [0.29, 0.717) is 37.9 Å². The average molecular weight is 426 g/mol. The summed E-state index contributed by atoms with van der Waals surface area (Å²) in [6.45, 7) is 1.63. The highest BCUT2D eigenvalue weighted by Crippen LogP contribution is 2.34. The van der Waals surface area contributed by atoms with Gasteiger partial charge in [-0.15, -0.1) is 0 Å². The smallest absolute Gasteiger partial charge is 0.344 e. The van der Waals surface area contributed by atoms with E-state index in [1.54, 1.807) is 48.5 Å². The Labute approximate surface area is 171 Å². The van der Waals surface area contributed by atoms with Crippen molar-refractivity contribution in [1.29, 1.82) is 0 Å². The molecule has 0 radical (unpaired) electrons. The fourth-order valence-corrected chi connectivity index (χ4v) is 2.85. The fourth-order valence-electron chi connectivity index (χ4n) is 2.34. The minimum atomic E-state index is -0.513. The van der Waals surface area contributed by atoms with Crippen LogP contribution in [0.2, 0.25) is 15.1 Å². The van der Waals surface area contributed by atoms with Gasteiger partial charge in [0.15, 0.2) is 6.61 Å². The molecule has 7 heteroatoms. The van der Waals surface area contributed by atoms with Crippen LogP contribution in [-0.4, -0.2) is 12.6 Å². The second-order valence-corrected chi connectivity index (χ2v) is 6.92. The highest BCUT2D eigenvalue weighted by molar-refractivity contribution is 6.43. The number of hydrogen-bond donors (Lipinski definition) is 0. The molecular weight excluding hydrogens is 411 g/mol. The molecular formula is C20H15Cl3O4. The van der Waals surface area contributed by atoms with Crippen LogP contribution in [0.4, 0.5) is 0 Å². The number of halogens is 3. The van der Waals surface area contributed by atoms with Gasteiger partial charge in [-0.1, -0.05) is 40.9 Å². The van der Waals surface area contributed by atoms with Crippen molar-refractivity contribution in [2.75, 3.05) is 6.61 Å². The standard InChI is InChI=1S/C20H15Cl3O4/c1-12-9-13(5-7-16(12)21)25-11-19(24)26-10-14-6-8-18(27-14)15-3-2-4-17(22)20(15)23/h2-9H,10-11H2,1H3. The molecule has 3 aromatic rings. The summed E-state index contributed by atoms with van der Waals surface area (Å²) in [6, 6.07) is 13.9. The molecule has 0 atom stereocenters. The molecule has 0 fully saturated rings. The van der Waals surface area contributed by atoms with E-state index in [0.717, 1.165) is 5.56 Å². The molecule has 2 aromatic carbocycles. The van der Waals surface area contributed by atoms with Crippen molar-refractivity contribution in [3.05, 3.63) is 74.9 Å². The third kappa shape index (κ3) is 4.98. The predicted molar refractivity (Wildman–Crippen MR) is 106 cm³/mol. The Morgan fingerprint density at radius 1 is 1.04 bits per heavy atom. The van der Waals surface area contributed by atoms with Crippen LogP contribution < -0.4 is 4.74 Å². The molecule has 0 aliphatic carbocycles. The van der Waals surface area contributed by atoms with Crippen LogP contribution >= 0.6 is 34.8 Å². The minimum Gasteiger partial charge on any atom is -0.482 e. The molecule has 0 unspecified atom stereocenters. The highest BCUT2D eigenvalue weighted by atomic mass is 35.5. The minimum absolute atomic E-state index is 0.0139. The third-order valence-electron chi connectivity index (χ3n) is 3.74. The molecule has 1 heterocycles. The molecule has 4 nitrogen and oxygen atoms in total. The van der Waals surface area contributed by atoms with Gasteiger partial charge in [-0.3, -0.25) is 0 Å². The maximum Gasteiger partial charge on any atom is 0.344 e. The summed E-state index contributed by atoms with van der Waals surface area (Å²) in [4.78, 5) is 11.9. The molecule has 1 aromatic heterocycles. The third-order valence-corrected chi connectivity index (χ3v) is 4.98. The second kappa shape index (κ2) is 8.70. The molecule has 0 spiro atoms. The molecule has 0 N–H and O–H groups in total. The SMILES string of the molecule is Cc1cc(OCC(=O)OCc2ccc(-c3cccc(Cl)c3Cl)o2)ccc1Cl. The summed E-state index contributed by atoms with van der Waals surface area (Å²) in [5, 5.41) is 1.48.